The molecule has 1 spiro atoms. The van der Waals surface area contributed by atoms with Gasteiger partial charge in [0.15, 0.2) is 0 Å². The number of imidazole rings is 2. The number of amides is 1. The topological polar surface area (TPSA) is 135 Å². The highest BCUT2D eigenvalue weighted by molar-refractivity contribution is 7.87. The number of ether oxygens (including phenoxy) is 2. The van der Waals surface area contributed by atoms with E-state index in [1.165, 1.54) is 34.8 Å². The summed E-state index contributed by atoms with van der Waals surface area (Å²) in [5, 5.41) is 0. The molecule has 2 aliphatic rings. The Labute approximate surface area is 296 Å². The van der Waals surface area contributed by atoms with E-state index < -0.39 is 15.8 Å². The van der Waals surface area contributed by atoms with Gasteiger partial charge < -0.3 is 18.9 Å². The van der Waals surface area contributed by atoms with Gasteiger partial charge in [0.05, 0.1) is 19.7 Å². The number of hydrogen-bond donors (Lipinski definition) is 0. The monoisotopic (exact) mass is 712 g/mol. The highest BCUT2D eigenvalue weighted by atomic mass is 32.2. The number of aryl methyl sites for hydroxylation is 1. The second-order valence-electron chi connectivity index (χ2n) is 14.7. The fourth-order valence-corrected chi connectivity index (χ4v) is 7.74. The van der Waals surface area contributed by atoms with Gasteiger partial charge in [-0.05, 0) is 63.5 Å². The molecule has 274 valence electrons. The number of benzene rings is 1. The number of aromatic nitrogens is 4. The minimum absolute atomic E-state index is 0.0763. The van der Waals surface area contributed by atoms with Gasteiger partial charge in [0.2, 0.25) is 0 Å². The summed E-state index contributed by atoms with van der Waals surface area (Å²) in [5.41, 5.74) is 1.50. The summed E-state index contributed by atoms with van der Waals surface area (Å²) in [6, 6.07) is 7.98. The smallest absolute Gasteiger partial charge is 0.410 e. The maximum absolute atomic E-state index is 13.2. The molecule has 1 amide bonds. The van der Waals surface area contributed by atoms with Crippen LogP contribution in [0.2, 0.25) is 0 Å². The number of piperidine rings is 1. The van der Waals surface area contributed by atoms with Crippen LogP contribution in [0, 0.1) is 5.41 Å². The second-order valence-corrected chi connectivity index (χ2v) is 16.7. The molecule has 0 saturated carbocycles. The number of nitrogens with zero attached hydrogens (tertiary/aromatic N) is 8. The van der Waals surface area contributed by atoms with E-state index in [2.05, 4.69) is 44.0 Å². The highest BCUT2D eigenvalue weighted by Gasteiger charge is 2.49. The van der Waals surface area contributed by atoms with Crippen molar-refractivity contribution < 1.29 is 27.5 Å². The third-order valence-corrected chi connectivity index (χ3v) is 11.2. The number of hydrogen-bond acceptors (Lipinski definition) is 10. The van der Waals surface area contributed by atoms with Crippen molar-refractivity contribution in [2.24, 2.45) is 12.5 Å². The molecule has 0 radical (unpaired) electrons. The molecule has 14 nitrogen and oxygen atoms in total. The van der Waals surface area contributed by atoms with Crippen LogP contribution in [0.5, 0.6) is 0 Å². The van der Waals surface area contributed by atoms with Crippen LogP contribution in [0.25, 0.3) is 0 Å². The Kier molecular flexibility index (Phi) is 11.4. The summed E-state index contributed by atoms with van der Waals surface area (Å²) in [5.74, 6) is 1.06. The SMILES string of the molecule is CCOC(=O)C1CC2(CCN(C(=O)OC(C)(C)C)CC2)CN1Cc1ccc(CN(Cc2nccn2C)Cc2nccn2S(=O)(=O)N(C)C)cc1. The molecule has 2 fully saturated rings. The number of rotatable bonds is 12. The third-order valence-electron chi connectivity index (χ3n) is 9.50. The predicted octanol–water partition coefficient (Wildman–Crippen LogP) is 3.63. The fraction of sp³-hybridized carbons (Fsp3) is 0.600. The van der Waals surface area contributed by atoms with Crippen molar-refractivity contribution in [2.45, 2.75) is 84.8 Å². The standard InChI is InChI=1S/C35H52N8O6S/c1-8-48-32(44)29-21-35(13-17-41(18-14-35)33(45)49-34(2,3)4)26-42(29)23-28-11-9-27(10-12-28)22-40(24-30-36-15-19-39(30)7)25-31-37-16-20-43(31)50(46,47)38(5)6/h9-12,15-16,19-20,29H,8,13-14,17-18,21-26H2,1-7H3. The molecule has 3 aromatic rings. The molecule has 5 rings (SSSR count). The zero-order valence-corrected chi connectivity index (χ0v) is 31.2. The Hall–Kier alpha value is -3.79. The number of carbonyl (C=O) groups is 2. The van der Waals surface area contributed by atoms with Gasteiger partial charge in [-0.1, -0.05) is 24.3 Å². The molecule has 2 saturated heterocycles. The maximum Gasteiger partial charge on any atom is 0.410 e. The molecule has 0 bridgehead atoms. The third kappa shape index (κ3) is 8.92. The largest absolute Gasteiger partial charge is 0.465 e. The van der Waals surface area contributed by atoms with Crippen molar-refractivity contribution in [3.8, 4) is 0 Å². The van der Waals surface area contributed by atoms with Crippen LogP contribution in [0.1, 0.15) is 69.7 Å². The number of likely N-dealkylation sites (tertiary alicyclic amines) is 2. The summed E-state index contributed by atoms with van der Waals surface area (Å²) >= 11 is 0. The molecule has 50 heavy (non-hydrogen) atoms. The van der Waals surface area contributed by atoms with Crippen molar-refractivity contribution >= 4 is 22.3 Å². The highest BCUT2D eigenvalue weighted by Crippen LogP contribution is 2.44. The summed E-state index contributed by atoms with van der Waals surface area (Å²) in [7, 11) is 1.20. The number of esters is 1. The van der Waals surface area contributed by atoms with Crippen LogP contribution in [-0.2, 0) is 57.7 Å². The lowest BCUT2D eigenvalue weighted by Gasteiger charge is -2.39. The van der Waals surface area contributed by atoms with Gasteiger partial charge in [0.1, 0.15) is 23.3 Å². The van der Waals surface area contributed by atoms with E-state index >= 15 is 0 Å². The quantitative estimate of drug-likeness (QED) is 0.256. The molecule has 1 aromatic carbocycles. The Morgan fingerprint density at radius 1 is 0.960 bits per heavy atom. The van der Waals surface area contributed by atoms with Crippen molar-refractivity contribution in [1.29, 1.82) is 0 Å². The molecule has 0 aliphatic carbocycles. The average Bonchev–Trinajstić information content (AvgIpc) is 3.77. The second kappa shape index (κ2) is 15.2. The summed E-state index contributed by atoms with van der Waals surface area (Å²) in [6.07, 6.45) is 8.62. The normalized spacial score (nSPS) is 18.3. The predicted molar refractivity (Wildman–Crippen MR) is 188 cm³/mol. The summed E-state index contributed by atoms with van der Waals surface area (Å²) in [4.78, 5) is 40.9. The van der Waals surface area contributed by atoms with E-state index in [4.69, 9.17) is 9.47 Å². The van der Waals surface area contributed by atoms with Crippen LogP contribution in [0.4, 0.5) is 4.79 Å². The minimum atomic E-state index is -3.73. The van der Waals surface area contributed by atoms with Gasteiger partial charge >= 0.3 is 22.3 Å². The van der Waals surface area contributed by atoms with Gasteiger partial charge in [-0.15, -0.1) is 0 Å². The van der Waals surface area contributed by atoms with Crippen LogP contribution in [0.15, 0.2) is 49.1 Å². The van der Waals surface area contributed by atoms with E-state index in [1.807, 2.05) is 45.5 Å². The van der Waals surface area contributed by atoms with Crippen LogP contribution >= 0.6 is 0 Å². The Balaban J connectivity index is 1.28. The first kappa shape index (κ1) is 37.5. The van der Waals surface area contributed by atoms with Crippen LogP contribution in [0.3, 0.4) is 0 Å². The van der Waals surface area contributed by atoms with Crippen LogP contribution < -0.4 is 0 Å². The first-order valence-corrected chi connectivity index (χ1v) is 18.6. The molecule has 4 heterocycles. The van der Waals surface area contributed by atoms with Gasteiger partial charge in [0, 0.05) is 78.7 Å². The first-order valence-electron chi connectivity index (χ1n) is 17.2. The van der Waals surface area contributed by atoms with Crippen LogP contribution in [-0.4, -0.2) is 110 Å². The lowest BCUT2D eigenvalue weighted by molar-refractivity contribution is -0.148. The lowest BCUT2D eigenvalue weighted by Crippen LogP contribution is -2.46. The molecule has 2 aromatic heterocycles. The van der Waals surface area contributed by atoms with Gasteiger partial charge in [-0.3, -0.25) is 14.6 Å². The summed E-state index contributed by atoms with van der Waals surface area (Å²) < 4.78 is 41.4. The molecule has 15 heteroatoms. The van der Waals surface area contributed by atoms with Crippen molar-refractivity contribution in [2.75, 3.05) is 40.3 Å². The van der Waals surface area contributed by atoms with E-state index in [9.17, 15) is 18.0 Å². The van der Waals surface area contributed by atoms with E-state index in [0.29, 0.717) is 51.6 Å². The van der Waals surface area contributed by atoms with E-state index in [0.717, 1.165) is 36.3 Å². The first-order chi connectivity index (χ1) is 23.6. The molecular weight excluding hydrogens is 661 g/mol. The molecule has 0 N–H and O–H groups in total. The van der Waals surface area contributed by atoms with Crippen molar-refractivity contribution in [1.82, 2.24) is 37.5 Å². The van der Waals surface area contributed by atoms with E-state index in [-0.39, 0.29) is 30.1 Å². The Morgan fingerprint density at radius 2 is 1.58 bits per heavy atom. The minimum Gasteiger partial charge on any atom is -0.465 e. The zero-order chi connectivity index (χ0) is 36.3. The Bertz CT molecular complexity index is 1720. The maximum atomic E-state index is 13.2. The number of carbonyl (C=O) groups excluding carboxylic acids is 2. The van der Waals surface area contributed by atoms with Gasteiger partial charge in [-0.2, -0.15) is 12.7 Å². The van der Waals surface area contributed by atoms with Gasteiger partial charge in [0.25, 0.3) is 0 Å². The average molecular weight is 713 g/mol. The molecule has 2 aliphatic heterocycles. The fourth-order valence-electron chi connectivity index (χ4n) is 6.81. The van der Waals surface area contributed by atoms with E-state index in [1.54, 1.807) is 11.1 Å². The zero-order valence-electron chi connectivity index (χ0n) is 30.4. The molecular formula is C35H52N8O6S. The molecule has 1 unspecified atom stereocenters. The molecule has 1 atom stereocenters. The Morgan fingerprint density at radius 3 is 2.18 bits per heavy atom. The lowest BCUT2D eigenvalue weighted by atomic mass is 9.76. The van der Waals surface area contributed by atoms with Crippen molar-refractivity contribution in [3.63, 3.8) is 0 Å². The van der Waals surface area contributed by atoms with Crippen molar-refractivity contribution in [3.05, 3.63) is 71.8 Å². The summed E-state index contributed by atoms with van der Waals surface area (Å²) in [6.45, 7) is 11.6. The van der Waals surface area contributed by atoms with Gasteiger partial charge in [-0.25, -0.2) is 18.7 Å².